The van der Waals surface area contributed by atoms with Gasteiger partial charge in [0.1, 0.15) is 23.7 Å². The van der Waals surface area contributed by atoms with Crippen LogP contribution in [0.2, 0.25) is 0 Å². The van der Waals surface area contributed by atoms with Crippen LogP contribution in [0, 0.1) is 34.3 Å². The van der Waals surface area contributed by atoms with E-state index in [-0.39, 0.29) is 17.4 Å². The molecular weight excluding hydrogens is 1060 g/mol. The van der Waals surface area contributed by atoms with Crippen LogP contribution in [0.1, 0.15) is 62.8 Å². The van der Waals surface area contributed by atoms with Gasteiger partial charge in [-0.3, -0.25) is 19.9 Å². The van der Waals surface area contributed by atoms with Gasteiger partial charge in [0, 0.05) is 73.7 Å². The SMILES string of the molecule is COC(=O)N[C@H](C(=O)N[C@@H](Cc1ccc(C#Cc2cnc(N3CCC[C@@H]3CN(C)C3COC3)nc2)cc1)[C@@H](O)CN(Cc1c(F)cc(-c2ncccn2)cc1F)NC(=O)[C@@H](NC(=O)OC)C(C)(C)C(F)(F)F)C(C)(C)C(F)(F)F. The molecule has 0 radical (unpaired) electrons. The van der Waals surface area contributed by atoms with Crippen LogP contribution in [0.15, 0.2) is 67.3 Å². The quantitative estimate of drug-likeness (QED) is 0.0421. The van der Waals surface area contributed by atoms with Gasteiger partial charge < -0.3 is 40.2 Å². The molecule has 2 saturated heterocycles. The van der Waals surface area contributed by atoms with Crippen LogP contribution in [0.4, 0.5) is 50.7 Å². The fraction of sp³-hybridized carbons (Fsp3) is 0.500. The average molecular weight is 1120 g/mol. The zero-order chi connectivity index (χ0) is 58.0. The summed E-state index contributed by atoms with van der Waals surface area (Å²) in [5.41, 5.74) is -3.73. The Morgan fingerprint density at radius 3 is 1.87 bits per heavy atom. The van der Waals surface area contributed by atoms with Crippen LogP contribution in [0.5, 0.6) is 0 Å². The van der Waals surface area contributed by atoms with Crippen LogP contribution < -0.4 is 26.3 Å². The molecule has 19 nitrogen and oxygen atoms in total. The summed E-state index contributed by atoms with van der Waals surface area (Å²) in [5, 5.41) is 18.7. The van der Waals surface area contributed by atoms with Gasteiger partial charge in [-0.2, -0.15) is 26.3 Å². The van der Waals surface area contributed by atoms with Crippen molar-refractivity contribution in [2.75, 3.05) is 59.0 Å². The van der Waals surface area contributed by atoms with Crippen molar-refractivity contribution in [3.63, 3.8) is 0 Å². The molecule has 0 saturated carbocycles. The number of alkyl halides is 6. The molecule has 5 atom stereocenters. The van der Waals surface area contributed by atoms with Crippen molar-refractivity contribution in [1.29, 1.82) is 0 Å². The number of aliphatic hydroxyl groups excluding tert-OH is 1. The lowest BCUT2D eigenvalue weighted by Crippen LogP contribution is -2.63. The maximum Gasteiger partial charge on any atom is 0.407 e. The number of aliphatic hydroxyl groups is 1. The third-order valence-corrected chi connectivity index (χ3v) is 13.9. The number of methoxy groups -OCH3 is 2. The highest BCUT2D eigenvalue weighted by Crippen LogP contribution is 2.42. The number of hydrazine groups is 1. The van der Waals surface area contributed by atoms with Gasteiger partial charge in [-0.05, 0) is 89.9 Å². The second-order valence-corrected chi connectivity index (χ2v) is 20.1. The number of carbonyl (C=O) groups excluding carboxylic acids is 4. The monoisotopic (exact) mass is 1120 g/mol. The van der Waals surface area contributed by atoms with Gasteiger partial charge >= 0.3 is 24.5 Å². The van der Waals surface area contributed by atoms with Crippen molar-refractivity contribution < 1.29 is 73.6 Å². The van der Waals surface area contributed by atoms with Gasteiger partial charge in [0.25, 0.3) is 5.91 Å². The van der Waals surface area contributed by atoms with Crippen molar-refractivity contribution in [3.05, 3.63) is 101 Å². The van der Waals surface area contributed by atoms with E-state index in [1.165, 1.54) is 30.6 Å². The molecule has 0 spiro atoms. The predicted molar refractivity (Wildman–Crippen MR) is 268 cm³/mol. The van der Waals surface area contributed by atoms with Crippen LogP contribution in [-0.2, 0) is 36.8 Å². The number of nitrogens with zero attached hydrogens (tertiary/aromatic N) is 7. The molecule has 79 heavy (non-hydrogen) atoms. The predicted octanol–water partition coefficient (Wildman–Crippen LogP) is 5.46. The van der Waals surface area contributed by atoms with Crippen LogP contribution in [0.25, 0.3) is 11.4 Å². The van der Waals surface area contributed by atoms with Crippen molar-refractivity contribution >= 4 is 29.9 Å². The smallest absolute Gasteiger partial charge is 0.407 e. The third-order valence-electron chi connectivity index (χ3n) is 13.9. The largest absolute Gasteiger partial charge is 0.453 e. The fourth-order valence-electron chi connectivity index (χ4n) is 8.53. The van der Waals surface area contributed by atoms with Gasteiger partial charge in [-0.1, -0.05) is 24.0 Å². The van der Waals surface area contributed by atoms with Crippen molar-refractivity contribution in [2.24, 2.45) is 10.8 Å². The highest BCUT2D eigenvalue weighted by atomic mass is 19.4. The summed E-state index contributed by atoms with van der Waals surface area (Å²) < 4.78 is 134. The molecule has 0 bridgehead atoms. The molecule has 2 aromatic heterocycles. The zero-order valence-corrected chi connectivity index (χ0v) is 44.1. The molecule has 2 fully saturated rings. The Bertz CT molecular complexity index is 2790. The Hall–Kier alpha value is -7.28. The molecule has 5 N–H and O–H groups in total. The number of amides is 4. The van der Waals surface area contributed by atoms with E-state index in [9.17, 15) is 50.6 Å². The second kappa shape index (κ2) is 25.7. The summed E-state index contributed by atoms with van der Waals surface area (Å²) in [4.78, 5) is 74.4. The summed E-state index contributed by atoms with van der Waals surface area (Å²) in [6, 6.07) is 3.13. The van der Waals surface area contributed by atoms with E-state index in [0.29, 0.717) is 74.6 Å². The minimum atomic E-state index is -5.19. The number of anilines is 1. The van der Waals surface area contributed by atoms with Crippen molar-refractivity contribution in [2.45, 2.75) is 102 Å². The lowest BCUT2D eigenvalue weighted by Gasteiger charge is -2.38. The number of hydrogen-bond acceptors (Lipinski definition) is 15. The van der Waals surface area contributed by atoms with Gasteiger partial charge in [-0.25, -0.2) is 43.3 Å². The summed E-state index contributed by atoms with van der Waals surface area (Å²) in [5.74, 6) is 0.733. The molecule has 2 aromatic carbocycles. The standard InChI is InChI=1S/C52H61F8N11O8/c1-49(2,51(55,56)57)41(66-47(75)77-6)44(73)65-39(20-31-14-11-30(12-15-31)13-16-32-23-63-46(64-24-32)71-19-8-10-34(71)25-69(5)35-28-79-29-35)40(72)27-70(68-45(74)42(67-48(76)78-7)50(3,4)52(58,59)60)26-36-37(53)21-33(22-38(36)54)43-61-17-9-18-62-43/h9,11-12,14-15,17-18,21-24,34-35,39-42,72H,8,10,19-20,25-29H2,1-7H3,(H,65,73)(H,66,75)(H,67,76)(H,68,74)/t34-,39+,40+,41-,42-/m1/s1. The van der Waals surface area contributed by atoms with Crippen molar-refractivity contribution in [3.8, 4) is 23.2 Å². The Labute approximate surface area is 450 Å². The van der Waals surface area contributed by atoms with Crippen LogP contribution >= 0.6 is 0 Å². The summed E-state index contributed by atoms with van der Waals surface area (Å²) in [7, 11) is 3.72. The summed E-state index contributed by atoms with van der Waals surface area (Å²) in [6.45, 7) is 3.29. The van der Waals surface area contributed by atoms with Crippen molar-refractivity contribution in [1.82, 2.24) is 51.2 Å². The molecule has 0 unspecified atom stereocenters. The number of hydrogen-bond donors (Lipinski definition) is 5. The Morgan fingerprint density at radius 2 is 1.35 bits per heavy atom. The maximum absolute atomic E-state index is 16.0. The van der Waals surface area contributed by atoms with Gasteiger partial charge in [-0.15, -0.1) is 0 Å². The highest BCUT2D eigenvalue weighted by molar-refractivity contribution is 5.87. The Balaban J connectivity index is 1.32. The minimum absolute atomic E-state index is 0.101. The number of halogens is 8. The normalized spacial score (nSPS) is 16.7. The first kappa shape index (κ1) is 60.9. The first-order valence-electron chi connectivity index (χ1n) is 24.7. The molecular formula is C52H61F8N11O8. The number of aromatic nitrogens is 4. The molecule has 6 rings (SSSR count). The van der Waals surface area contributed by atoms with Gasteiger partial charge in [0.05, 0.1) is 62.0 Å². The lowest BCUT2D eigenvalue weighted by molar-refractivity contribution is -0.221. The molecule has 2 aliphatic heterocycles. The first-order valence-corrected chi connectivity index (χ1v) is 24.7. The van der Waals surface area contributed by atoms with E-state index < -0.39 is 108 Å². The molecule has 428 valence electrons. The van der Waals surface area contributed by atoms with Crippen LogP contribution in [-0.4, -0.2) is 162 Å². The molecule has 4 amide bonds. The van der Waals surface area contributed by atoms with Gasteiger partial charge in [0.15, 0.2) is 5.82 Å². The molecule has 2 aliphatic rings. The second-order valence-electron chi connectivity index (χ2n) is 20.1. The maximum atomic E-state index is 16.0. The van der Waals surface area contributed by atoms with E-state index in [2.05, 4.69) is 68.8 Å². The van der Waals surface area contributed by atoms with E-state index >= 15 is 8.78 Å². The van der Waals surface area contributed by atoms with E-state index in [1.54, 1.807) is 24.5 Å². The number of rotatable bonds is 20. The first-order chi connectivity index (χ1) is 37.1. The molecule has 27 heteroatoms. The highest BCUT2D eigenvalue weighted by Gasteiger charge is 2.57. The number of alkyl carbamates (subject to hydrolysis) is 2. The third kappa shape index (κ3) is 15.3. The average Bonchev–Trinajstić information content (AvgIpc) is 3.96. The lowest BCUT2D eigenvalue weighted by atomic mass is 9.82. The molecule has 4 heterocycles. The van der Waals surface area contributed by atoms with Crippen LogP contribution in [0.3, 0.4) is 0 Å². The number of likely N-dealkylation sites (N-methyl/N-ethyl adjacent to an activating group) is 1. The number of carbonyl (C=O) groups is 4. The molecule has 0 aliphatic carbocycles. The zero-order valence-electron chi connectivity index (χ0n) is 44.1. The number of ether oxygens (including phenoxy) is 3. The fourth-order valence-corrected chi connectivity index (χ4v) is 8.53. The van der Waals surface area contributed by atoms with E-state index in [4.69, 9.17) is 4.74 Å². The van der Waals surface area contributed by atoms with E-state index in [1.807, 2.05) is 10.6 Å². The topological polar surface area (TPSA) is 226 Å². The van der Waals surface area contributed by atoms with Gasteiger partial charge in [0.2, 0.25) is 11.9 Å². The Morgan fingerprint density at radius 1 is 0.810 bits per heavy atom. The summed E-state index contributed by atoms with van der Waals surface area (Å²) >= 11 is 0. The number of nitrogens with one attached hydrogen (secondary N) is 4. The number of benzene rings is 2. The minimum Gasteiger partial charge on any atom is -0.453 e. The molecule has 4 aromatic rings. The summed E-state index contributed by atoms with van der Waals surface area (Å²) in [6.07, 6.45) is -8.04. The Kier molecular flexibility index (Phi) is 19.8. The van der Waals surface area contributed by atoms with E-state index in [0.717, 1.165) is 52.3 Å².